The third kappa shape index (κ3) is 2.50. The summed E-state index contributed by atoms with van der Waals surface area (Å²) in [5.41, 5.74) is 4.45. The van der Waals surface area contributed by atoms with Crippen LogP contribution in [0.1, 0.15) is 22.3 Å². The van der Waals surface area contributed by atoms with Crippen molar-refractivity contribution in [3.63, 3.8) is 0 Å². The average molecular weight is 352 g/mol. The second-order valence-corrected chi connectivity index (χ2v) is 8.52. The quantitative estimate of drug-likeness (QED) is 0.702. The maximum absolute atomic E-state index is 13.4. The summed E-state index contributed by atoms with van der Waals surface area (Å²) in [7, 11) is -3.63. The molecule has 1 aromatic heterocycles. The molecule has 3 aromatic rings. The number of nitrogens with zero attached hydrogens (tertiary/aromatic N) is 2. The summed E-state index contributed by atoms with van der Waals surface area (Å²) >= 11 is 0. The fraction of sp³-hybridized carbons (Fsp3) is 0.250. The number of hydrogen-bond donors (Lipinski definition) is 0. The average Bonchev–Trinajstić information content (AvgIpc) is 2.94. The number of hydrogen-bond acceptors (Lipinski definition) is 3. The maximum atomic E-state index is 13.4. The molecule has 128 valence electrons. The van der Waals surface area contributed by atoms with Gasteiger partial charge in [-0.2, -0.15) is 0 Å². The zero-order valence-corrected chi connectivity index (χ0v) is 15.4. The maximum Gasteiger partial charge on any atom is 0.266 e. The minimum Gasteiger partial charge on any atom is -0.249 e. The molecule has 0 bridgehead atoms. The lowest BCUT2D eigenvalue weighted by Crippen LogP contribution is -2.31. The van der Waals surface area contributed by atoms with Crippen LogP contribution in [0.5, 0.6) is 0 Å². The van der Waals surface area contributed by atoms with Crippen LogP contribution in [-0.4, -0.2) is 19.9 Å². The largest absolute Gasteiger partial charge is 0.266 e. The van der Waals surface area contributed by atoms with Gasteiger partial charge in [0.05, 0.1) is 10.4 Å². The number of anilines is 1. The number of pyridine rings is 1. The van der Waals surface area contributed by atoms with Gasteiger partial charge >= 0.3 is 0 Å². The first-order valence-corrected chi connectivity index (χ1v) is 9.81. The highest BCUT2D eigenvalue weighted by molar-refractivity contribution is 7.93. The zero-order valence-electron chi connectivity index (χ0n) is 14.6. The Balaban J connectivity index is 1.89. The smallest absolute Gasteiger partial charge is 0.249 e. The van der Waals surface area contributed by atoms with Crippen molar-refractivity contribution in [3.8, 4) is 0 Å². The van der Waals surface area contributed by atoms with Crippen LogP contribution in [0.2, 0.25) is 0 Å². The van der Waals surface area contributed by atoms with Crippen LogP contribution in [0.3, 0.4) is 0 Å². The molecule has 0 aliphatic carbocycles. The van der Waals surface area contributed by atoms with Crippen molar-refractivity contribution in [3.05, 3.63) is 64.7 Å². The van der Waals surface area contributed by atoms with E-state index in [-0.39, 0.29) is 0 Å². The monoisotopic (exact) mass is 352 g/mol. The first-order valence-electron chi connectivity index (χ1n) is 8.37. The summed E-state index contributed by atoms with van der Waals surface area (Å²) in [5.74, 6) is 0.568. The molecule has 1 aliphatic heterocycles. The Morgan fingerprint density at radius 1 is 1.00 bits per heavy atom. The lowest BCUT2D eigenvalue weighted by Gasteiger charge is -2.22. The Kier molecular flexibility index (Phi) is 3.58. The minimum absolute atomic E-state index is 0.404. The lowest BCUT2D eigenvalue weighted by molar-refractivity contribution is 0.590. The molecule has 0 radical (unpaired) electrons. The number of aryl methyl sites for hydroxylation is 3. The van der Waals surface area contributed by atoms with Gasteiger partial charge in [0.25, 0.3) is 10.0 Å². The van der Waals surface area contributed by atoms with E-state index in [9.17, 15) is 8.42 Å². The van der Waals surface area contributed by atoms with E-state index in [1.807, 2.05) is 57.2 Å². The van der Waals surface area contributed by atoms with Crippen molar-refractivity contribution in [1.29, 1.82) is 0 Å². The second-order valence-electron chi connectivity index (χ2n) is 6.72. The van der Waals surface area contributed by atoms with Crippen LogP contribution in [0.25, 0.3) is 10.9 Å². The fourth-order valence-electron chi connectivity index (χ4n) is 3.80. The molecule has 0 saturated carbocycles. The highest BCUT2D eigenvalue weighted by Gasteiger charge is 2.34. The number of para-hydroxylation sites is 1. The summed E-state index contributed by atoms with van der Waals surface area (Å²) in [4.78, 5) is 5.06. The standard InChI is InChI=1S/C20H20N2O2S/c1-13-10-14(2)19(15(3)11-13)25(23,24)22-9-8-17-12-16-6-4-5-7-18(16)21-20(17)22/h4-7,10-12H,8-9H2,1-3H3. The molecule has 0 amide bonds. The van der Waals surface area contributed by atoms with Crippen molar-refractivity contribution in [2.45, 2.75) is 32.1 Å². The third-order valence-corrected chi connectivity index (χ3v) is 6.85. The van der Waals surface area contributed by atoms with Crippen molar-refractivity contribution < 1.29 is 8.42 Å². The number of benzene rings is 2. The van der Waals surface area contributed by atoms with E-state index in [1.165, 1.54) is 4.31 Å². The van der Waals surface area contributed by atoms with Gasteiger partial charge < -0.3 is 0 Å². The first kappa shape index (κ1) is 16.1. The molecule has 2 heterocycles. The molecule has 0 spiro atoms. The van der Waals surface area contributed by atoms with Gasteiger partial charge in [0.2, 0.25) is 0 Å². The molecular formula is C20H20N2O2S. The van der Waals surface area contributed by atoms with Crippen LogP contribution < -0.4 is 4.31 Å². The van der Waals surface area contributed by atoms with Crippen LogP contribution >= 0.6 is 0 Å². The molecule has 0 atom stereocenters. The van der Waals surface area contributed by atoms with E-state index < -0.39 is 10.0 Å². The number of aromatic nitrogens is 1. The predicted molar refractivity (Wildman–Crippen MR) is 101 cm³/mol. The fourth-order valence-corrected chi connectivity index (χ4v) is 5.66. The minimum atomic E-state index is -3.63. The molecular weight excluding hydrogens is 332 g/mol. The van der Waals surface area contributed by atoms with Crippen LogP contribution in [0.4, 0.5) is 5.82 Å². The molecule has 1 aliphatic rings. The van der Waals surface area contributed by atoms with Crippen LogP contribution in [0, 0.1) is 20.8 Å². The van der Waals surface area contributed by atoms with Gasteiger partial charge in [-0.05, 0) is 56.0 Å². The van der Waals surface area contributed by atoms with E-state index >= 15 is 0 Å². The summed E-state index contributed by atoms with van der Waals surface area (Å²) in [6.45, 7) is 6.14. The molecule has 0 saturated heterocycles. The van der Waals surface area contributed by atoms with Gasteiger partial charge in [-0.15, -0.1) is 0 Å². The van der Waals surface area contributed by atoms with Gasteiger partial charge in [-0.1, -0.05) is 35.9 Å². The lowest BCUT2D eigenvalue weighted by atomic mass is 10.1. The van der Waals surface area contributed by atoms with Crippen molar-refractivity contribution in [2.75, 3.05) is 10.8 Å². The van der Waals surface area contributed by atoms with Gasteiger partial charge in [0.1, 0.15) is 5.82 Å². The van der Waals surface area contributed by atoms with E-state index in [2.05, 4.69) is 11.1 Å². The predicted octanol–water partition coefficient (Wildman–Crippen LogP) is 3.91. The molecule has 0 fully saturated rings. The van der Waals surface area contributed by atoms with Gasteiger partial charge in [-0.3, -0.25) is 0 Å². The SMILES string of the molecule is Cc1cc(C)c(S(=O)(=O)N2CCc3cc4ccccc4nc32)c(C)c1. The summed E-state index contributed by atoms with van der Waals surface area (Å²) in [6.07, 6.45) is 0.691. The number of sulfonamides is 1. The Bertz CT molecular complexity index is 1080. The Morgan fingerprint density at radius 3 is 2.40 bits per heavy atom. The molecule has 4 rings (SSSR count). The molecule has 5 heteroatoms. The Morgan fingerprint density at radius 2 is 1.68 bits per heavy atom. The Hall–Kier alpha value is -2.40. The number of fused-ring (bicyclic) bond motifs is 2. The molecule has 0 unspecified atom stereocenters. The molecule has 2 aromatic carbocycles. The summed E-state index contributed by atoms with van der Waals surface area (Å²) < 4.78 is 28.2. The molecule has 25 heavy (non-hydrogen) atoms. The third-order valence-electron chi connectivity index (χ3n) is 4.75. The molecule has 4 nitrogen and oxygen atoms in total. The highest BCUT2D eigenvalue weighted by atomic mass is 32.2. The van der Waals surface area contributed by atoms with Gasteiger partial charge in [0.15, 0.2) is 0 Å². The second kappa shape index (κ2) is 5.56. The normalized spacial score (nSPS) is 14.1. The van der Waals surface area contributed by atoms with Crippen molar-refractivity contribution in [2.24, 2.45) is 0 Å². The van der Waals surface area contributed by atoms with E-state index in [0.29, 0.717) is 23.7 Å². The van der Waals surface area contributed by atoms with Crippen LogP contribution in [0.15, 0.2) is 47.4 Å². The first-order chi connectivity index (χ1) is 11.9. The Labute approximate surface area is 148 Å². The highest BCUT2D eigenvalue weighted by Crippen LogP contribution is 2.35. The van der Waals surface area contributed by atoms with E-state index in [1.54, 1.807) is 0 Å². The van der Waals surface area contributed by atoms with Crippen molar-refractivity contribution in [1.82, 2.24) is 4.98 Å². The van der Waals surface area contributed by atoms with Crippen molar-refractivity contribution >= 4 is 26.7 Å². The van der Waals surface area contributed by atoms with Gasteiger partial charge in [-0.25, -0.2) is 17.7 Å². The van der Waals surface area contributed by atoms with Gasteiger partial charge in [0, 0.05) is 11.9 Å². The summed E-state index contributed by atoms with van der Waals surface area (Å²) in [5, 5.41) is 1.04. The molecule has 0 N–H and O–H groups in total. The summed E-state index contributed by atoms with van der Waals surface area (Å²) in [6, 6.07) is 13.7. The van der Waals surface area contributed by atoms with E-state index in [4.69, 9.17) is 0 Å². The van der Waals surface area contributed by atoms with Crippen LogP contribution in [-0.2, 0) is 16.4 Å². The number of rotatable bonds is 2. The zero-order chi connectivity index (χ0) is 17.8. The topological polar surface area (TPSA) is 50.3 Å². The van der Waals surface area contributed by atoms with E-state index in [0.717, 1.165) is 33.2 Å².